The Kier molecular flexibility index (Phi) is 6.09. The molecular weight excluding hydrogens is 380 g/mol. The number of piperazine rings is 1. The summed E-state index contributed by atoms with van der Waals surface area (Å²) in [5.74, 6) is -1.72. The first kappa shape index (κ1) is 19.4. The lowest BCUT2D eigenvalue weighted by Gasteiger charge is -2.37. The summed E-state index contributed by atoms with van der Waals surface area (Å²) in [6, 6.07) is 2.86. The number of hydrogen-bond donors (Lipinski definition) is 1. The van der Waals surface area contributed by atoms with E-state index in [1.807, 2.05) is 4.90 Å². The molecule has 0 radical (unpaired) electrons. The van der Waals surface area contributed by atoms with E-state index in [1.165, 1.54) is 23.6 Å². The highest BCUT2D eigenvalue weighted by Crippen LogP contribution is 2.22. The van der Waals surface area contributed by atoms with Crippen LogP contribution in [0.5, 0.6) is 0 Å². The van der Waals surface area contributed by atoms with Gasteiger partial charge in [-0.05, 0) is 43.3 Å². The van der Waals surface area contributed by atoms with E-state index in [-0.39, 0.29) is 13.1 Å². The zero-order valence-electron chi connectivity index (χ0n) is 14.5. The highest BCUT2D eigenvalue weighted by atomic mass is 32.2. The largest absolute Gasteiger partial charge is 0.360 e. The lowest BCUT2D eigenvalue weighted by Crippen LogP contribution is -2.54. The van der Waals surface area contributed by atoms with Crippen molar-refractivity contribution in [2.24, 2.45) is 0 Å². The van der Waals surface area contributed by atoms with E-state index in [9.17, 15) is 17.2 Å². The fourth-order valence-corrected chi connectivity index (χ4v) is 5.31. The molecule has 1 saturated heterocycles. The fourth-order valence-electron chi connectivity index (χ4n) is 3.46. The summed E-state index contributed by atoms with van der Waals surface area (Å²) in [5.41, 5.74) is 0. The zero-order valence-corrected chi connectivity index (χ0v) is 16.1. The van der Waals surface area contributed by atoms with Crippen LogP contribution < -0.4 is 5.32 Å². The lowest BCUT2D eigenvalue weighted by molar-refractivity contribution is 0.259. The van der Waals surface area contributed by atoms with Crippen molar-refractivity contribution in [3.05, 3.63) is 29.8 Å². The van der Waals surface area contributed by atoms with Crippen molar-refractivity contribution >= 4 is 27.4 Å². The van der Waals surface area contributed by atoms with Crippen molar-refractivity contribution in [2.45, 2.75) is 43.0 Å². The van der Waals surface area contributed by atoms with Crippen LogP contribution in [0.15, 0.2) is 23.1 Å². The monoisotopic (exact) mass is 403 g/mol. The molecule has 1 aromatic carbocycles. The van der Waals surface area contributed by atoms with Gasteiger partial charge >= 0.3 is 0 Å². The molecule has 2 aliphatic rings. The molecule has 1 aliphatic heterocycles. The molecule has 1 N–H and O–H groups in total. The zero-order chi connectivity index (χ0) is 18.7. The first-order chi connectivity index (χ1) is 12.4. The quantitative estimate of drug-likeness (QED) is 0.786. The van der Waals surface area contributed by atoms with Crippen LogP contribution >= 0.6 is 12.2 Å². The van der Waals surface area contributed by atoms with E-state index in [0.29, 0.717) is 24.2 Å². The van der Waals surface area contributed by atoms with Gasteiger partial charge in [-0.25, -0.2) is 17.2 Å². The first-order valence-electron chi connectivity index (χ1n) is 8.88. The first-order valence-corrected chi connectivity index (χ1v) is 10.7. The average Bonchev–Trinajstić information content (AvgIpc) is 2.64. The highest BCUT2D eigenvalue weighted by Gasteiger charge is 2.32. The maximum absolute atomic E-state index is 13.9. The molecule has 144 valence electrons. The smallest absolute Gasteiger partial charge is 0.246 e. The van der Waals surface area contributed by atoms with E-state index in [2.05, 4.69) is 5.32 Å². The van der Waals surface area contributed by atoms with Crippen LogP contribution in [0.4, 0.5) is 8.78 Å². The van der Waals surface area contributed by atoms with Crippen molar-refractivity contribution in [1.29, 1.82) is 0 Å². The van der Waals surface area contributed by atoms with E-state index in [1.54, 1.807) is 0 Å². The normalized spacial score (nSPS) is 20.2. The fraction of sp³-hybridized carbons (Fsp3) is 0.588. The number of halogens is 2. The average molecular weight is 404 g/mol. The third kappa shape index (κ3) is 4.32. The van der Waals surface area contributed by atoms with Gasteiger partial charge in [0.25, 0.3) is 0 Å². The van der Waals surface area contributed by atoms with Gasteiger partial charge in [-0.15, -0.1) is 0 Å². The van der Waals surface area contributed by atoms with Crippen molar-refractivity contribution in [1.82, 2.24) is 14.5 Å². The number of sulfonamides is 1. The van der Waals surface area contributed by atoms with Crippen molar-refractivity contribution < 1.29 is 17.2 Å². The molecule has 0 spiro atoms. The van der Waals surface area contributed by atoms with Crippen molar-refractivity contribution in [3.8, 4) is 0 Å². The summed E-state index contributed by atoms with van der Waals surface area (Å²) in [7, 11) is -4.06. The molecule has 0 bridgehead atoms. The van der Waals surface area contributed by atoms with Crippen LogP contribution in [0.2, 0.25) is 0 Å². The second-order valence-electron chi connectivity index (χ2n) is 6.75. The summed E-state index contributed by atoms with van der Waals surface area (Å²) in [4.78, 5) is 1.33. The van der Waals surface area contributed by atoms with Crippen LogP contribution in [0.3, 0.4) is 0 Å². The predicted octanol–water partition coefficient (Wildman–Crippen LogP) is 2.48. The molecule has 2 fully saturated rings. The van der Waals surface area contributed by atoms with Crippen LogP contribution in [0.1, 0.15) is 32.1 Å². The Morgan fingerprint density at radius 1 is 1.08 bits per heavy atom. The molecule has 0 amide bonds. The van der Waals surface area contributed by atoms with E-state index < -0.39 is 26.6 Å². The third-order valence-electron chi connectivity index (χ3n) is 4.97. The summed E-state index contributed by atoms with van der Waals surface area (Å²) in [5, 5.41) is 4.01. The van der Waals surface area contributed by atoms with Gasteiger partial charge in [0, 0.05) is 32.2 Å². The summed E-state index contributed by atoms with van der Waals surface area (Å²) in [6.07, 6.45) is 5.87. The Balaban J connectivity index is 1.60. The molecule has 0 atom stereocenters. The topological polar surface area (TPSA) is 52.7 Å². The predicted molar refractivity (Wildman–Crippen MR) is 99.3 cm³/mol. The Hall–Kier alpha value is -1.32. The van der Waals surface area contributed by atoms with Crippen molar-refractivity contribution in [2.75, 3.05) is 26.2 Å². The van der Waals surface area contributed by atoms with Gasteiger partial charge in [-0.3, -0.25) is 0 Å². The molecule has 5 nitrogen and oxygen atoms in total. The number of rotatable bonds is 3. The Bertz CT molecular complexity index is 759. The molecule has 3 rings (SSSR count). The van der Waals surface area contributed by atoms with Crippen LogP contribution in [0, 0.1) is 11.6 Å². The van der Waals surface area contributed by atoms with Crippen molar-refractivity contribution in [3.63, 3.8) is 0 Å². The minimum atomic E-state index is -4.06. The maximum Gasteiger partial charge on any atom is 0.246 e. The molecule has 1 aromatic rings. The molecule has 1 saturated carbocycles. The molecule has 1 heterocycles. The SMILES string of the molecule is O=S(=O)(c1cc(F)ccc1F)N1CCN(C(=S)NC2CCCCC2)CC1. The number of thiocarbonyl (C=S) groups is 1. The maximum atomic E-state index is 13.9. The standard InChI is InChI=1S/C17H23F2N3O2S2/c18-13-6-7-15(19)16(12-13)26(23,24)22-10-8-21(9-11-22)17(25)20-14-4-2-1-3-5-14/h6-7,12,14H,1-5,8-11H2,(H,20,25). The van der Waals surface area contributed by atoms with E-state index >= 15 is 0 Å². The molecular formula is C17H23F2N3O2S2. The number of nitrogens with one attached hydrogen (secondary N) is 1. The molecule has 9 heteroatoms. The van der Waals surface area contributed by atoms with Gasteiger partial charge in [-0.1, -0.05) is 19.3 Å². The summed E-state index contributed by atoms with van der Waals surface area (Å²) < 4.78 is 53.6. The molecule has 0 unspecified atom stereocenters. The van der Waals surface area contributed by atoms with Gasteiger partial charge < -0.3 is 10.2 Å². The van der Waals surface area contributed by atoms with Gasteiger partial charge in [0.15, 0.2) is 5.11 Å². The second-order valence-corrected chi connectivity index (χ2v) is 9.04. The number of hydrogen-bond acceptors (Lipinski definition) is 3. The summed E-state index contributed by atoms with van der Waals surface area (Å²) >= 11 is 5.46. The van der Waals surface area contributed by atoms with Crippen LogP contribution in [0.25, 0.3) is 0 Å². The van der Waals surface area contributed by atoms with Crippen LogP contribution in [-0.4, -0.2) is 55.0 Å². The minimum absolute atomic E-state index is 0.185. The molecule has 1 aliphatic carbocycles. The Morgan fingerprint density at radius 3 is 2.38 bits per heavy atom. The number of benzene rings is 1. The van der Waals surface area contributed by atoms with Gasteiger partial charge in [0.1, 0.15) is 16.5 Å². The summed E-state index contributed by atoms with van der Waals surface area (Å²) in [6.45, 7) is 1.22. The van der Waals surface area contributed by atoms with E-state index in [0.717, 1.165) is 31.0 Å². The van der Waals surface area contributed by atoms with E-state index in [4.69, 9.17) is 12.2 Å². The number of nitrogens with zero attached hydrogens (tertiary/aromatic N) is 2. The highest BCUT2D eigenvalue weighted by molar-refractivity contribution is 7.89. The second kappa shape index (κ2) is 8.14. The minimum Gasteiger partial charge on any atom is -0.360 e. The molecule has 0 aromatic heterocycles. The lowest BCUT2D eigenvalue weighted by atomic mass is 9.96. The third-order valence-corrected chi connectivity index (χ3v) is 7.26. The van der Waals surface area contributed by atoms with Gasteiger partial charge in [0.05, 0.1) is 0 Å². The van der Waals surface area contributed by atoms with Gasteiger partial charge in [0.2, 0.25) is 10.0 Å². The Labute approximate surface area is 158 Å². The molecule has 26 heavy (non-hydrogen) atoms. The van der Waals surface area contributed by atoms with Crippen LogP contribution in [-0.2, 0) is 10.0 Å². The van der Waals surface area contributed by atoms with Gasteiger partial charge in [-0.2, -0.15) is 4.31 Å². The Morgan fingerprint density at radius 2 is 1.73 bits per heavy atom.